The van der Waals surface area contributed by atoms with E-state index in [-0.39, 0.29) is 0 Å². The van der Waals surface area contributed by atoms with Crippen molar-refractivity contribution in [1.29, 1.82) is 0 Å². The first-order chi connectivity index (χ1) is 7.19. The van der Waals surface area contributed by atoms with Gasteiger partial charge in [-0.1, -0.05) is 33.6 Å². The molecule has 1 atom stereocenters. The highest BCUT2D eigenvalue weighted by atomic mass is 15.2. The van der Waals surface area contributed by atoms with Gasteiger partial charge in [0.25, 0.3) is 0 Å². The third-order valence-corrected chi connectivity index (χ3v) is 3.85. The Morgan fingerprint density at radius 2 is 1.87 bits per heavy atom. The zero-order chi connectivity index (χ0) is 11.3. The van der Waals surface area contributed by atoms with Gasteiger partial charge in [0.15, 0.2) is 0 Å². The summed E-state index contributed by atoms with van der Waals surface area (Å²) in [6, 6.07) is 1.51. The lowest BCUT2D eigenvalue weighted by Gasteiger charge is -2.33. The molecule has 0 saturated heterocycles. The van der Waals surface area contributed by atoms with Crippen molar-refractivity contribution in [1.82, 2.24) is 10.2 Å². The zero-order valence-corrected chi connectivity index (χ0v) is 10.9. The predicted molar refractivity (Wildman–Crippen MR) is 67.2 cm³/mol. The molecule has 0 heterocycles. The maximum Gasteiger partial charge on any atom is 0.0215 e. The Labute approximate surface area is 95.4 Å². The van der Waals surface area contributed by atoms with Crippen LogP contribution in [0.2, 0.25) is 0 Å². The molecule has 1 saturated carbocycles. The van der Waals surface area contributed by atoms with Crippen molar-refractivity contribution >= 4 is 0 Å². The standard InChI is InChI=1S/C13H28N2/c1-5-15(12-8-6-7-9-12)10-13(14-4)11(2)3/h11-14H,5-10H2,1-4H3. The molecular formula is C13H28N2. The number of likely N-dealkylation sites (N-methyl/N-ethyl adjacent to an activating group) is 2. The van der Waals surface area contributed by atoms with Crippen molar-refractivity contribution in [3.05, 3.63) is 0 Å². The van der Waals surface area contributed by atoms with Crippen LogP contribution in [0.1, 0.15) is 46.5 Å². The summed E-state index contributed by atoms with van der Waals surface area (Å²) in [7, 11) is 2.09. The highest BCUT2D eigenvalue weighted by Gasteiger charge is 2.24. The van der Waals surface area contributed by atoms with E-state index < -0.39 is 0 Å². The van der Waals surface area contributed by atoms with Gasteiger partial charge in [0.2, 0.25) is 0 Å². The highest BCUT2D eigenvalue weighted by Crippen LogP contribution is 2.23. The molecule has 1 aliphatic rings. The summed E-state index contributed by atoms with van der Waals surface area (Å²) in [5.41, 5.74) is 0. The summed E-state index contributed by atoms with van der Waals surface area (Å²) >= 11 is 0. The van der Waals surface area contributed by atoms with Gasteiger partial charge in [0, 0.05) is 18.6 Å². The molecule has 0 bridgehead atoms. The molecule has 1 rings (SSSR count). The maximum atomic E-state index is 3.45. The predicted octanol–water partition coefficient (Wildman–Crippen LogP) is 2.49. The van der Waals surface area contributed by atoms with Gasteiger partial charge in [-0.05, 0) is 32.4 Å². The first-order valence-electron chi connectivity index (χ1n) is 6.60. The van der Waals surface area contributed by atoms with Crippen LogP contribution in [0.3, 0.4) is 0 Å². The van der Waals surface area contributed by atoms with E-state index in [9.17, 15) is 0 Å². The molecule has 1 N–H and O–H groups in total. The van der Waals surface area contributed by atoms with Gasteiger partial charge in [-0.3, -0.25) is 4.90 Å². The third kappa shape index (κ3) is 3.76. The minimum Gasteiger partial charge on any atom is -0.315 e. The second kappa shape index (κ2) is 6.49. The quantitative estimate of drug-likeness (QED) is 0.728. The third-order valence-electron chi connectivity index (χ3n) is 3.85. The Morgan fingerprint density at radius 3 is 2.27 bits per heavy atom. The van der Waals surface area contributed by atoms with Gasteiger partial charge in [-0.2, -0.15) is 0 Å². The fraction of sp³-hybridized carbons (Fsp3) is 1.00. The molecule has 1 unspecified atom stereocenters. The van der Waals surface area contributed by atoms with Crippen molar-refractivity contribution < 1.29 is 0 Å². The summed E-state index contributed by atoms with van der Waals surface area (Å²) in [4.78, 5) is 2.67. The van der Waals surface area contributed by atoms with Crippen molar-refractivity contribution in [2.45, 2.75) is 58.5 Å². The fourth-order valence-corrected chi connectivity index (χ4v) is 2.69. The topological polar surface area (TPSA) is 15.3 Å². The van der Waals surface area contributed by atoms with Crippen LogP contribution in [-0.2, 0) is 0 Å². The van der Waals surface area contributed by atoms with Crippen LogP contribution in [0.15, 0.2) is 0 Å². The minimum absolute atomic E-state index is 0.644. The first-order valence-corrected chi connectivity index (χ1v) is 6.60. The van der Waals surface area contributed by atoms with Crippen molar-refractivity contribution in [2.75, 3.05) is 20.1 Å². The van der Waals surface area contributed by atoms with Crippen LogP contribution in [-0.4, -0.2) is 37.1 Å². The van der Waals surface area contributed by atoms with E-state index >= 15 is 0 Å². The molecule has 0 aromatic heterocycles. The summed E-state index contributed by atoms with van der Waals surface area (Å²) in [6.07, 6.45) is 5.71. The Kier molecular flexibility index (Phi) is 5.62. The minimum atomic E-state index is 0.644. The average Bonchev–Trinajstić information content (AvgIpc) is 2.72. The van der Waals surface area contributed by atoms with Crippen LogP contribution >= 0.6 is 0 Å². The lowest BCUT2D eigenvalue weighted by Crippen LogP contribution is -2.46. The zero-order valence-electron chi connectivity index (χ0n) is 10.9. The lowest BCUT2D eigenvalue weighted by molar-refractivity contribution is 0.173. The number of rotatable bonds is 6. The molecule has 90 valence electrons. The molecule has 0 aliphatic heterocycles. The largest absolute Gasteiger partial charge is 0.315 e. The molecule has 1 fully saturated rings. The molecule has 2 nitrogen and oxygen atoms in total. The molecular weight excluding hydrogens is 184 g/mol. The Bertz CT molecular complexity index is 162. The van der Waals surface area contributed by atoms with E-state index in [0.717, 1.165) is 12.0 Å². The molecule has 0 amide bonds. The second-order valence-electron chi connectivity index (χ2n) is 5.17. The number of hydrogen-bond acceptors (Lipinski definition) is 2. The molecule has 15 heavy (non-hydrogen) atoms. The molecule has 0 radical (unpaired) electrons. The van der Waals surface area contributed by atoms with E-state index in [1.807, 2.05) is 0 Å². The van der Waals surface area contributed by atoms with Crippen LogP contribution in [0.25, 0.3) is 0 Å². The monoisotopic (exact) mass is 212 g/mol. The van der Waals surface area contributed by atoms with Crippen LogP contribution in [0.4, 0.5) is 0 Å². The Balaban J connectivity index is 2.43. The number of hydrogen-bond donors (Lipinski definition) is 1. The summed E-state index contributed by atoms with van der Waals surface area (Å²) < 4.78 is 0. The molecule has 2 heteroatoms. The maximum absolute atomic E-state index is 3.45. The van der Waals surface area contributed by atoms with Crippen molar-refractivity contribution in [3.8, 4) is 0 Å². The van der Waals surface area contributed by atoms with Crippen molar-refractivity contribution in [2.24, 2.45) is 5.92 Å². The van der Waals surface area contributed by atoms with Gasteiger partial charge in [-0.15, -0.1) is 0 Å². The molecule has 0 aromatic carbocycles. The van der Waals surface area contributed by atoms with Crippen molar-refractivity contribution in [3.63, 3.8) is 0 Å². The van der Waals surface area contributed by atoms with E-state index in [0.29, 0.717) is 6.04 Å². The van der Waals surface area contributed by atoms with Crippen LogP contribution in [0.5, 0.6) is 0 Å². The van der Waals surface area contributed by atoms with Crippen LogP contribution in [0, 0.1) is 5.92 Å². The summed E-state index contributed by atoms with van der Waals surface area (Å²) in [5, 5.41) is 3.45. The van der Waals surface area contributed by atoms with Gasteiger partial charge in [0.05, 0.1) is 0 Å². The molecule has 0 aromatic rings. The lowest BCUT2D eigenvalue weighted by atomic mass is 10.0. The molecule has 0 spiro atoms. The summed E-state index contributed by atoms with van der Waals surface area (Å²) in [5.74, 6) is 0.727. The van der Waals surface area contributed by atoms with E-state index in [1.165, 1.54) is 38.8 Å². The van der Waals surface area contributed by atoms with E-state index in [2.05, 4.69) is 38.0 Å². The van der Waals surface area contributed by atoms with Gasteiger partial charge in [0.1, 0.15) is 0 Å². The first kappa shape index (κ1) is 13.0. The fourth-order valence-electron chi connectivity index (χ4n) is 2.69. The number of nitrogens with one attached hydrogen (secondary N) is 1. The molecule has 1 aliphatic carbocycles. The SMILES string of the molecule is CCN(CC(NC)C(C)C)C1CCCC1. The Morgan fingerprint density at radius 1 is 1.27 bits per heavy atom. The van der Waals surface area contributed by atoms with E-state index in [1.54, 1.807) is 0 Å². The van der Waals surface area contributed by atoms with Gasteiger partial charge in [-0.25, -0.2) is 0 Å². The number of nitrogens with zero attached hydrogens (tertiary/aromatic N) is 1. The Hall–Kier alpha value is -0.0800. The average molecular weight is 212 g/mol. The summed E-state index contributed by atoms with van der Waals surface area (Å²) in [6.45, 7) is 9.34. The highest BCUT2D eigenvalue weighted by molar-refractivity contribution is 4.81. The van der Waals surface area contributed by atoms with Gasteiger partial charge < -0.3 is 5.32 Å². The van der Waals surface area contributed by atoms with Gasteiger partial charge >= 0.3 is 0 Å². The van der Waals surface area contributed by atoms with E-state index in [4.69, 9.17) is 0 Å². The second-order valence-corrected chi connectivity index (χ2v) is 5.17. The van der Waals surface area contributed by atoms with Crippen LogP contribution < -0.4 is 5.32 Å². The smallest absolute Gasteiger partial charge is 0.0215 e. The normalized spacial score (nSPS) is 20.4.